The second kappa shape index (κ2) is 3.40. The molecule has 13 heavy (non-hydrogen) atoms. The Labute approximate surface area is 79.4 Å². The summed E-state index contributed by atoms with van der Waals surface area (Å²) >= 11 is 0. The molecule has 0 heterocycles. The minimum absolute atomic E-state index is 0.179. The van der Waals surface area contributed by atoms with Crippen LogP contribution in [0.5, 0.6) is 0 Å². The van der Waals surface area contributed by atoms with Crippen molar-refractivity contribution in [3.8, 4) is 0 Å². The van der Waals surface area contributed by atoms with Crippen LogP contribution in [-0.4, -0.2) is 25.2 Å². The van der Waals surface area contributed by atoms with Gasteiger partial charge in [0.25, 0.3) is 0 Å². The van der Waals surface area contributed by atoms with E-state index < -0.39 is 14.6 Å². The van der Waals surface area contributed by atoms with Crippen LogP contribution in [0.3, 0.4) is 0 Å². The lowest BCUT2D eigenvalue weighted by Gasteiger charge is -2.28. The van der Waals surface area contributed by atoms with Gasteiger partial charge in [0, 0.05) is 0 Å². The number of rotatable bonds is 4. The average Bonchev–Trinajstić information content (AvgIpc) is 1.97. The summed E-state index contributed by atoms with van der Waals surface area (Å²) in [6.07, 6.45) is 3.64. The van der Waals surface area contributed by atoms with Crippen molar-refractivity contribution in [2.45, 2.75) is 37.9 Å². The van der Waals surface area contributed by atoms with E-state index in [0.717, 1.165) is 19.3 Å². The first-order valence-corrected chi connectivity index (χ1v) is 6.23. The topological polar surface area (TPSA) is 51.2 Å². The smallest absolute Gasteiger partial charge is 0.162 e. The molecule has 0 N–H and O–H groups in total. The molecule has 0 unspecified atom stereocenters. The first-order chi connectivity index (χ1) is 5.89. The zero-order valence-corrected chi connectivity index (χ0v) is 8.93. The molecule has 3 nitrogen and oxygen atoms in total. The van der Waals surface area contributed by atoms with Gasteiger partial charge in [-0.05, 0) is 32.6 Å². The SMILES string of the molecule is CC(C)(C=O)S(=O)(=O)CC1CCC1. The zero-order chi connectivity index (χ0) is 10.1. The van der Waals surface area contributed by atoms with Crippen molar-refractivity contribution in [3.05, 3.63) is 0 Å². The molecule has 0 aromatic rings. The molecule has 1 aliphatic carbocycles. The molecule has 0 saturated heterocycles. The Balaban J connectivity index is 2.69. The highest BCUT2D eigenvalue weighted by atomic mass is 32.2. The average molecular weight is 204 g/mol. The summed E-state index contributed by atoms with van der Waals surface area (Å²) in [5, 5.41) is 0. The molecule has 0 bridgehead atoms. The Morgan fingerprint density at radius 1 is 1.38 bits per heavy atom. The number of sulfone groups is 1. The first kappa shape index (κ1) is 10.7. The molecular weight excluding hydrogens is 188 g/mol. The van der Waals surface area contributed by atoms with Gasteiger partial charge in [-0.15, -0.1) is 0 Å². The van der Waals surface area contributed by atoms with E-state index in [9.17, 15) is 13.2 Å². The molecule has 0 aromatic heterocycles. The molecule has 0 spiro atoms. The molecule has 76 valence electrons. The highest BCUT2D eigenvalue weighted by Gasteiger charge is 2.36. The Morgan fingerprint density at radius 3 is 2.23 bits per heavy atom. The van der Waals surface area contributed by atoms with Gasteiger partial charge in [-0.25, -0.2) is 8.42 Å². The van der Waals surface area contributed by atoms with Gasteiger partial charge in [0.05, 0.1) is 5.75 Å². The Hall–Kier alpha value is -0.380. The molecule has 0 aromatic carbocycles. The van der Waals surface area contributed by atoms with E-state index in [1.54, 1.807) is 0 Å². The number of aldehydes is 1. The zero-order valence-electron chi connectivity index (χ0n) is 8.12. The van der Waals surface area contributed by atoms with Gasteiger partial charge in [0.2, 0.25) is 0 Å². The van der Waals surface area contributed by atoms with Crippen LogP contribution in [0, 0.1) is 5.92 Å². The molecular formula is C9H16O3S. The minimum Gasteiger partial charge on any atom is -0.302 e. The summed E-state index contributed by atoms with van der Waals surface area (Å²) in [6.45, 7) is 2.93. The Kier molecular flexibility index (Phi) is 2.80. The third-order valence-corrected chi connectivity index (χ3v) is 5.37. The predicted molar refractivity (Wildman–Crippen MR) is 51.3 cm³/mol. The van der Waals surface area contributed by atoms with Gasteiger partial charge in [-0.1, -0.05) is 6.42 Å². The van der Waals surface area contributed by atoms with Crippen LogP contribution in [-0.2, 0) is 14.6 Å². The summed E-state index contributed by atoms with van der Waals surface area (Å²) in [6, 6.07) is 0. The summed E-state index contributed by atoms with van der Waals surface area (Å²) < 4.78 is 22.1. The maximum Gasteiger partial charge on any atom is 0.162 e. The van der Waals surface area contributed by atoms with E-state index in [0.29, 0.717) is 12.2 Å². The minimum atomic E-state index is -3.24. The van der Waals surface area contributed by atoms with Crippen molar-refractivity contribution in [2.24, 2.45) is 5.92 Å². The van der Waals surface area contributed by atoms with E-state index in [2.05, 4.69) is 0 Å². The summed E-state index contributed by atoms with van der Waals surface area (Å²) in [5.74, 6) is 0.475. The molecule has 0 atom stereocenters. The van der Waals surface area contributed by atoms with Crippen molar-refractivity contribution >= 4 is 16.1 Å². The maximum atomic E-state index is 11.7. The third-order valence-electron chi connectivity index (χ3n) is 2.77. The summed E-state index contributed by atoms with van der Waals surface area (Å²) in [7, 11) is -3.24. The van der Waals surface area contributed by atoms with Gasteiger partial charge >= 0.3 is 0 Å². The van der Waals surface area contributed by atoms with Crippen LogP contribution < -0.4 is 0 Å². The fourth-order valence-electron chi connectivity index (χ4n) is 1.26. The van der Waals surface area contributed by atoms with E-state index >= 15 is 0 Å². The summed E-state index contributed by atoms with van der Waals surface area (Å²) in [4.78, 5) is 10.6. The van der Waals surface area contributed by atoms with Crippen molar-refractivity contribution in [1.82, 2.24) is 0 Å². The Bertz CT molecular complexity index is 286. The molecule has 0 radical (unpaired) electrons. The van der Waals surface area contributed by atoms with E-state index in [4.69, 9.17) is 0 Å². The second-order valence-corrected chi connectivity index (χ2v) is 6.91. The van der Waals surface area contributed by atoms with Crippen LogP contribution in [0.25, 0.3) is 0 Å². The fraction of sp³-hybridized carbons (Fsp3) is 0.889. The molecule has 1 aliphatic rings. The highest BCUT2D eigenvalue weighted by Crippen LogP contribution is 2.30. The quantitative estimate of drug-likeness (QED) is 0.646. The van der Waals surface area contributed by atoms with Crippen LogP contribution >= 0.6 is 0 Å². The number of hydrogen-bond acceptors (Lipinski definition) is 3. The molecule has 1 rings (SSSR count). The van der Waals surface area contributed by atoms with Gasteiger partial charge < -0.3 is 4.79 Å². The monoisotopic (exact) mass is 204 g/mol. The second-order valence-electron chi connectivity index (χ2n) is 4.30. The third kappa shape index (κ3) is 2.10. The lowest BCUT2D eigenvalue weighted by Crippen LogP contribution is -2.38. The number of carbonyl (C=O) groups is 1. The van der Waals surface area contributed by atoms with Crippen molar-refractivity contribution in [2.75, 3.05) is 5.75 Å². The molecule has 0 amide bonds. The first-order valence-electron chi connectivity index (χ1n) is 4.58. The highest BCUT2D eigenvalue weighted by molar-refractivity contribution is 7.93. The van der Waals surface area contributed by atoms with Crippen LogP contribution in [0.2, 0.25) is 0 Å². The summed E-state index contributed by atoms with van der Waals surface area (Å²) in [5.41, 5.74) is 0. The fourth-order valence-corrected chi connectivity index (χ4v) is 2.79. The molecule has 0 aliphatic heterocycles. The number of hydrogen-bond donors (Lipinski definition) is 0. The molecule has 1 fully saturated rings. The van der Waals surface area contributed by atoms with Crippen LogP contribution in [0.1, 0.15) is 33.1 Å². The van der Waals surface area contributed by atoms with Gasteiger partial charge in [-0.2, -0.15) is 0 Å². The van der Waals surface area contributed by atoms with Gasteiger partial charge in [-0.3, -0.25) is 0 Å². The Morgan fingerprint density at radius 2 is 1.92 bits per heavy atom. The largest absolute Gasteiger partial charge is 0.302 e. The van der Waals surface area contributed by atoms with E-state index in [1.165, 1.54) is 13.8 Å². The van der Waals surface area contributed by atoms with Gasteiger partial charge in [0.1, 0.15) is 11.0 Å². The van der Waals surface area contributed by atoms with E-state index in [-0.39, 0.29) is 5.75 Å². The van der Waals surface area contributed by atoms with Crippen molar-refractivity contribution < 1.29 is 13.2 Å². The number of carbonyl (C=O) groups excluding carboxylic acids is 1. The van der Waals surface area contributed by atoms with E-state index in [1.807, 2.05) is 0 Å². The standard InChI is InChI=1S/C9H16O3S/c1-9(2,7-10)13(11,12)6-8-4-3-5-8/h7-8H,3-6H2,1-2H3. The lowest BCUT2D eigenvalue weighted by molar-refractivity contribution is -0.109. The molecule has 4 heteroatoms. The van der Waals surface area contributed by atoms with Crippen LogP contribution in [0.4, 0.5) is 0 Å². The maximum absolute atomic E-state index is 11.7. The van der Waals surface area contributed by atoms with Crippen molar-refractivity contribution in [3.63, 3.8) is 0 Å². The molecule has 1 saturated carbocycles. The van der Waals surface area contributed by atoms with Crippen LogP contribution in [0.15, 0.2) is 0 Å². The normalized spacial score (nSPS) is 19.5. The predicted octanol–water partition coefficient (Wildman–Crippen LogP) is 1.18. The van der Waals surface area contributed by atoms with Crippen molar-refractivity contribution in [1.29, 1.82) is 0 Å². The van der Waals surface area contributed by atoms with Gasteiger partial charge in [0.15, 0.2) is 9.84 Å². The lowest BCUT2D eigenvalue weighted by atomic mass is 9.87.